The lowest BCUT2D eigenvalue weighted by atomic mass is 10.0. The van der Waals surface area contributed by atoms with Crippen LogP contribution in [0.25, 0.3) is 0 Å². The molecule has 2 aromatic rings. The van der Waals surface area contributed by atoms with Crippen LogP contribution in [0.4, 0.5) is 5.69 Å². The van der Waals surface area contributed by atoms with Gasteiger partial charge >= 0.3 is 0 Å². The Hall–Kier alpha value is -2.20. The maximum absolute atomic E-state index is 5.55. The summed E-state index contributed by atoms with van der Waals surface area (Å²) in [5, 5.41) is 0. The Kier molecular flexibility index (Phi) is 5.06. The molecule has 0 N–H and O–H groups in total. The first-order valence-electron chi connectivity index (χ1n) is 7.47. The van der Waals surface area contributed by atoms with Gasteiger partial charge in [-0.2, -0.15) is 0 Å². The Balaban J connectivity index is 2.26. The highest BCUT2D eigenvalue weighted by Crippen LogP contribution is 2.21. The predicted molar refractivity (Wildman–Crippen MR) is 91.6 cm³/mol. The van der Waals surface area contributed by atoms with Crippen LogP contribution in [0.15, 0.2) is 42.5 Å². The molecule has 0 bridgehead atoms. The van der Waals surface area contributed by atoms with Gasteiger partial charge in [0.25, 0.3) is 0 Å². The molecule has 1 heteroatoms. The number of hydrogen-bond donors (Lipinski definition) is 0. The second kappa shape index (κ2) is 6.99. The van der Waals surface area contributed by atoms with Crippen LogP contribution in [0.1, 0.15) is 29.2 Å². The highest BCUT2D eigenvalue weighted by Gasteiger charge is 2.08. The van der Waals surface area contributed by atoms with Crippen LogP contribution in [-0.2, 0) is 13.0 Å². The Morgan fingerprint density at radius 2 is 1.76 bits per heavy atom. The summed E-state index contributed by atoms with van der Waals surface area (Å²) in [7, 11) is 0. The maximum Gasteiger partial charge on any atom is 0.0795 e. The van der Waals surface area contributed by atoms with Crippen molar-refractivity contribution in [1.29, 1.82) is 0 Å². The highest BCUT2D eigenvalue weighted by atomic mass is 15.1. The minimum absolute atomic E-state index is 0.625. The number of benzene rings is 2. The van der Waals surface area contributed by atoms with Crippen molar-refractivity contribution in [3.63, 3.8) is 0 Å². The molecule has 0 spiro atoms. The van der Waals surface area contributed by atoms with E-state index in [0.29, 0.717) is 6.54 Å². The van der Waals surface area contributed by atoms with Crippen LogP contribution in [0.3, 0.4) is 0 Å². The van der Waals surface area contributed by atoms with Crippen LogP contribution in [-0.4, -0.2) is 6.54 Å². The molecule has 0 atom stereocenters. The number of nitrogens with zero attached hydrogens (tertiary/aromatic N) is 1. The fourth-order valence-electron chi connectivity index (χ4n) is 2.50. The Morgan fingerprint density at radius 3 is 2.38 bits per heavy atom. The topological polar surface area (TPSA) is 3.24 Å². The average molecular weight is 277 g/mol. The van der Waals surface area contributed by atoms with Crippen molar-refractivity contribution in [3.05, 3.63) is 64.7 Å². The zero-order chi connectivity index (χ0) is 15.2. The van der Waals surface area contributed by atoms with Crippen LogP contribution >= 0.6 is 0 Å². The van der Waals surface area contributed by atoms with Gasteiger partial charge in [-0.25, -0.2) is 0 Å². The number of terminal acetylenes is 1. The summed E-state index contributed by atoms with van der Waals surface area (Å²) in [4.78, 5) is 2.25. The summed E-state index contributed by atoms with van der Waals surface area (Å²) in [6.07, 6.45) is 6.60. The molecule has 0 aliphatic heterocycles. The van der Waals surface area contributed by atoms with Gasteiger partial charge in [-0.3, -0.25) is 0 Å². The van der Waals surface area contributed by atoms with E-state index in [2.05, 4.69) is 74.1 Å². The fourth-order valence-corrected chi connectivity index (χ4v) is 2.50. The normalized spacial score (nSPS) is 10.2. The first kappa shape index (κ1) is 15.2. The lowest BCUT2D eigenvalue weighted by Gasteiger charge is -2.24. The van der Waals surface area contributed by atoms with Crippen LogP contribution in [0.5, 0.6) is 0 Å². The number of hydrogen-bond acceptors (Lipinski definition) is 1. The quantitative estimate of drug-likeness (QED) is 0.727. The first-order valence-corrected chi connectivity index (χ1v) is 7.47. The van der Waals surface area contributed by atoms with Gasteiger partial charge in [0.05, 0.1) is 6.54 Å². The van der Waals surface area contributed by atoms with Gasteiger partial charge in [-0.15, -0.1) is 6.42 Å². The molecule has 0 saturated heterocycles. The highest BCUT2D eigenvalue weighted by molar-refractivity contribution is 5.52. The molecule has 1 nitrogen and oxygen atoms in total. The summed E-state index contributed by atoms with van der Waals surface area (Å²) in [5.74, 6) is 2.78. The van der Waals surface area contributed by atoms with E-state index >= 15 is 0 Å². The monoisotopic (exact) mass is 277 g/mol. The molecule has 0 aliphatic rings. The second-order valence-corrected chi connectivity index (χ2v) is 5.51. The molecular formula is C20H23N. The number of anilines is 1. The third-order valence-corrected chi connectivity index (χ3v) is 3.85. The van der Waals surface area contributed by atoms with Crippen LogP contribution in [0.2, 0.25) is 0 Å². The van der Waals surface area contributed by atoms with Gasteiger partial charge in [0.2, 0.25) is 0 Å². The van der Waals surface area contributed by atoms with Crippen molar-refractivity contribution in [2.24, 2.45) is 0 Å². The molecule has 0 saturated carbocycles. The molecule has 0 heterocycles. The van der Waals surface area contributed by atoms with Crippen molar-refractivity contribution >= 4 is 5.69 Å². The minimum Gasteiger partial charge on any atom is -0.356 e. The van der Waals surface area contributed by atoms with Gasteiger partial charge in [0, 0.05) is 12.2 Å². The number of aryl methyl sites for hydroxylation is 3. The lowest BCUT2D eigenvalue weighted by molar-refractivity contribution is 0.874. The molecule has 0 amide bonds. The standard InChI is InChI=1S/C20H23N/c1-5-13-21(15-18-10-7-16(3)8-11-18)20-12-9-17(4)19(6-2)14-20/h1,7-12,14H,6,13,15H2,2-4H3. The van der Waals surface area contributed by atoms with Gasteiger partial charge < -0.3 is 4.90 Å². The van der Waals surface area contributed by atoms with E-state index in [9.17, 15) is 0 Å². The Bertz CT molecular complexity index is 632. The average Bonchev–Trinajstić information content (AvgIpc) is 2.49. The van der Waals surface area contributed by atoms with Crippen LogP contribution in [0, 0.1) is 26.2 Å². The lowest BCUT2D eigenvalue weighted by Crippen LogP contribution is -2.23. The molecule has 0 radical (unpaired) electrons. The van der Waals surface area contributed by atoms with E-state index in [1.807, 2.05) is 0 Å². The van der Waals surface area contributed by atoms with Crippen molar-refractivity contribution in [1.82, 2.24) is 0 Å². The van der Waals surface area contributed by atoms with E-state index in [4.69, 9.17) is 6.42 Å². The van der Waals surface area contributed by atoms with Crippen molar-refractivity contribution in [2.45, 2.75) is 33.7 Å². The Labute approximate surface area is 128 Å². The number of rotatable bonds is 5. The molecule has 2 rings (SSSR count). The largest absolute Gasteiger partial charge is 0.356 e. The third-order valence-electron chi connectivity index (χ3n) is 3.85. The molecule has 0 aromatic heterocycles. The molecular weight excluding hydrogens is 254 g/mol. The molecule has 21 heavy (non-hydrogen) atoms. The molecule has 0 aliphatic carbocycles. The van der Waals surface area contributed by atoms with Gasteiger partial charge in [0.15, 0.2) is 0 Å². The second-order valence-electron chi connectivity index (χ2n) is 5.51. The van der Waals surface area contributed by atoms with Crippen LogP contribution < -0.4 is 4.90 Å². The summed E-state index contributed by atoms with van der Waals surface area (Å²) < 4.78 is 0. The molecule has 108 valence electrons. The van der Waals surface area contributed by atoms with E-state index in [1.54, 1.807) is 0 Å². The summed E-state index contributed by atoms with van der Waals surface area (Å²) in [6, 6.07) is 15.3. The predicted octanol–water partition coefficient (Wildman–Crippen LogP) is 4.51. The van der Waals surface area contributed by atoms with Crippen molar-refractivity contribution < 1.29 is 0 Å². The molecule has 2 aromatic carbocycles. The van der Waals surface area contributed by atoms with Crippen molar-refractivity contribution in [3.8, 4) is 12.3 Å². The van der Waals surface area contributed by atoms with E-state index in [-0.39, 0.29) is 0 Å². The third kappa shape index (κ3) is 3.89. The summed E-state index contributed by atoms with van der Waals surface area (Å²) >= 11 is 0. The SMILES string of the molecule is C#CCN(Cc1ccc(C)cc1)c1ccc(C)c(CC)c1. The van der Waals surface area contributed by atoms with Crippen molar-refractivity contribution in [2.75, 3.05) is 11.4 Å². The molecule has 0 unspecified atom stereocenters. The Morgan fingerprint density at radius 1 is 1.05 bits per heavy atom. The fraction of sp³-hybridized carbons (Fsp3) is 0.300. The zero-order valence-electron chi connectivity index (χ0n) is 13.2. The zero-order valence-corrected chi connectivity index (χ0v) is 13.2. The summed E-state index contributed by atoms with van der Waals surface area (Å²) in [6.45, 7) is 7.93. The van der Waals surface area contributed by atoms with Gasteiger partial charge in [-0.05, 0) is 49.1 Å². The van der Waals surface area contributed by atoms with E-state index in [1.165, 1.54) is 27.9 Å². The minimum atomic E-state index is 0.625. The van der Waals surface area contributed by atoms with Gasteiger partial charge in [0.1, 0.15) is 0 Å². The maximum atomic E-state index is 5.55. The summed E-state index contributed by atoms with van der Waals surface area (Å²) in [5.41, 5.74) is 6.51. The van der Waals surface area contributed by atoms with Gasteiger partial charge in [-0.1, -0.05) is 48.7 Å². The van der Waals surface area contributed by atoms with E-state index < -0.39 is 0 Å². The van der Waals surface area contributed by atoms with E-state index in [0.717, 1.165) is 13.0 Å². The first-order chi connectivity index (χ1) is 10.1. The molecule has 0 fully saturated rings. The smallest absolute Gasteiger partial charge is 0.0795 e.